The van der Waals surface area contributed by atoms with E-state index >= 15 is 0 Å². The van der Waals surface area contributed by atoms with Gasteiger partial charge in [0.05, 0.1) is 0 Å². The quantitative estimate of drug-likeness (QED) is 0.164. The maximum absolute atomic E-state index is 5.56. The fraction of sp³-hybridized carbons (Fsp3) is 1.00. The molecule has 2 radical (unpaired) electrons. The largest absolute Gasteiger partial charge is 0.357 e. The van der Waals surface area contributed by atoms with E-state index in [9.17, 15) is 0 Å². The van der Waals surface area contributed by atoms with Crippen LogP contribution in [0.15, 0.2) is 0 Å². The third-order valence-electron chi connectivity index (χ3n) is 2.51. The molecule has 0 spiro atoms. The summed E-state index contributed by atoms with van der Waals surface area (Å²) >= 11 is 0. The van der Waals surface area contributed by atoms with Crippen LogP contribution in [0, 0.1) is 0 Å². The second-order valence-electron chi connectivity index (χ2n) is 4.99. The van der Waals surface area contributed by atoms with E-state index in [1.807, 2.05) is 35.6 Å². The summed E-state index contributed by atoms with van der Waals surface area (Å²) in [4.78, 5) is 0. The van der Waals surface area contributed by atoms with Gasteiger partial charge in [-0.15, -0.1) is 0 Å². The van der Waals surface area contributed by atoms with E-state index in [-0.39, 0.29) is 5.91 Å². The summed E-state index contributed by atoms with van der Waals surface area (Å²) in [5.74, 6) is 1.21. The third-order valence-corrected chi connectivity index (χ3v) is 6.73. The molecule has 0 aromatic rings. The molecule has 0 amide bonds. The monoisotopic (exact) mass is 337 g/mol. The van der Waals surface area contributed by atoms with Crippen LogP contribution in [0.4, 0.5) is 0 Å². The van der Waals surface area contributed by atoms with E-state index in [1.54, 1.807) is 0 Å². The highest BCUT2D eigenvalue weighted by molar-refractivity contribution is 8.75. The number of rotatable bonds is 13. The Morgan fingerprint density at radius 3 is 2.00 bits per heavy atom. The first-order valence-corrected chi connectivity index (χ1v) is 11.1. The molecule has 0 aliphatic carbocycles. The predicted molar refractivity (Wildman–Crippen MR) is 94.4 cm³/mol. The number of nitrogens with zero attached hydrogens (tertiary/aromatic N) is 1. The van der Waals surface area contributed by atoms with Crippen molar-refractivity contribution in [2.24, 2.45) is 0 Å². The fourth-order valence-electron chi connectivity index (χ4n) is 1.69. The van der Waals surface area contributed by atoms with Crippen LogP contribution in [-0.4, -0.2) is 50.8 Å². The summed E-state index contributed by atoms with van der Waals surface area (Å²) in [5.41, 5.74) is 0. The van der Waals surface area contributed by atoms with Gasteiger partial charge in [-0.2, -0.15) is 0 Å². The van der Waals surface area contributed by atoms with Crippen LogP contribution in [0.2, 0.25) is 6.04 Å². The molecular formula is C14H31NO2S2Si. The number of ether oxygens (including phenoxy) is 2. The van der Waals surface area contributed by atoms with Crippen LogP contribution in [-0.2, 0) is 9.47 Å². The van der Waals surface area contributed by atoms with Gasteiger partial charge in [0.1, 0.15) is 15.4 Å². The Balaban J connectivity index is 3.64. The zero-order chi connectivity index (χ0) is 15.4. The van der Waals surface area contributed by atoms with Gasteiger partial charge in [0.15, 0.2) is 0 Å². The summed E-state index contributed by atoms with van der Waals surface area (Å²) in [6, 6.07) is 2.38. The minimum Gasteiger partial charge on any atom is -0.357 e. The van der Waals surface area contributed by atoms with Gasteiger partial charge in [-0.1, -0.05) is 16.8 Å². The summed E-state index contributed by atoms with van der Waals surface area (Å²) in [7, 11) is 4.62. The van der Waals surface area contributed by atoms with E-state index in [4.69, 9.17) is 9.47 Å². The van der Waals surface area contributed by atoms with E-state index in [0.717, 1.165) is 22.7 Å². The van der Waals surface area contributed by atoms with Gasteiger partial charge in [0, 0.05) is 31.1 Å². The Morgan fingerprint density at radius 2 is 1.55 bits per heavy atom. The Hall–Kier alpha value is 0.797. The lowest BCUT2D eigenvalue weighted by atomic mass is 10.3. The minimum atomic E-state index is 0.0190. The van der Waals surface area contributed by atoms with Crippen molar-refractivity contribution in [2.75, 3.05) is 19.0 Å². The number of hydrogen-bond acceptors (Lipinski definition) is 5. The molecule has 0 rings (SSSR count). The summed E-state index contributed by atoms with van der Waals surface area (Å²) < 4.78 is 13.6. The van der Waals surface area contributed by atoms with E-state index < -0.39 is 0 Å². The highest BCUT2D eigenvalue weighted by atomic mass is 33.1. The van der Waals surface area contributed by atoms with Crippen LogP contribution in [0.5, 0.6) is 0 Å². The second kappa shape index (κ2) is 13.5. The average molecular weight is 338 g/mol. The molecule has 0 aliphatic rings. The van der Waals surface area contributed by atoms with Gasteiger partial charge in [-0.25, -0.2) is 4.31 Å². The van der Waals surface area contributed by atoms with Crippen molar-refractivity contribution in [3.63, 3.8) is 0 Å². The molecule has 6 heteroatoms. The summed E-state index contributed by atoms with van der Waals surface area (Å²) in [5, 5.41) is 0. The molecule has 0 atom stereocenters. The normalized spacial score (nSPS) is 12.3. The first-order valence-electron chi connectivity index (χ1n) is 7.57. The van der Waals surface area contributed by atoms with Gasteiger partial charge < -0.3 is 9.47 Å². The van der Waals surface area contributed by atoms with Gasteiger partial charge in [-0.3, -0.25) is 0 Å². The Bertz CT molecular complexity index is 207. The summed E-state index contributed by atoms with van der Waals surface area (Å²) in [6.07, 6.45) is 1.23. The first kappa shape index (κ1) is 20.8. The highest BCUT2D eigenvalue weighted by Crippen LogP contribution is 2.30. The van der Waals surface area contributed by atoms with Crippen molar-refractivity contribution in [3.8, 4) is 0 Å². The molecule has 0 saturated carbocycles. The molecule has 0 fully saturated rings. The van der Waals surface area contributed by atoms with Gasteiger partial charge in [0.2, 0.25) is 0 Å². The molecule has 0 aromatic carbocycles. The zero-order valence-corrected chi connectivity index (χ0v) is 16.5. The SMILES string of the molecule is CCOC(OCC)[Si]CCCSSN(C(C)C)C(C)C. The standard InChI is InChI=1S/C14H31NO2S2Si/c1-7-16-14(17-8-2)20-11-9-10-18-19-15(12(3)4)13(5)6/h12-14H,7-11H2,1-6H3. The summed E-state index contributed by atoms with van der Waals surface area (Å²) in [6.45, 7) is 14.5. The maximum Gasteiger partial charge on any atom is 0.137 e. The van der Waals surface area contributed by atoms with Crippen molar-refractivity contribution in [1.82, 2.24) is 4.31 Å². The molecule has 0 saturated heterocycles. The Kier molecular flexibility index (Phi) is 14.0. The van der Waals surface area contributed by atoms with Crippen LogP contribution in [0.1, 0.15) is 48.0 Å². The van der Waals surface area contributed by atoms with Crippen molar-refractivity contribution in [2.45, 2.75) is 72.0 Å². The van der Waals surface area contributed by atoms with Crippen LogP contribution < -0.4 is 0 Å². The molecule has 0 bridgehead atoms. The van der Waals surface area contributed by atoms with Crippen LogP contribution in [0.3, 0.4) is 0 Å². The molecule has 0 unspecified atom stereocenters. The van der Waals surface area contributed by atoms with E-state index in [0.29, 0.717) is 12.1 Å². The Morgan fingerprint density at radius 1 is 1.00 bits per heavy atom. The van der Waals surface area contributed by atoms with Crippen LogP contribution >= 0.6 is 21.8 Å². The molecule has 120 valence electrons. The zero-order valence-electron chi connectivity index (χ0n) is 13.8. The molecular weight excluding hydrogens is 306 g/mol. The predicted octanol–water partition coefficient (Wildman–Crippen LogP) is 4.27. The highest BCUT2D eigenvalue weighted by Gasteiger charge is 2.14. The van der Waals surface area contributed by atoms with E-state index in [1.165, 1.54) is 18.2 Å². The van der Waals surface area contributed by atoms with Gasteiger partial charge in [-0.05, 0) is 58.9 Å². The minimum absolute atomic E-state index is 0.0190. The molecule has 3 nitrogen and oxygen atoms in total. The molecule has 0 N–H and O–H groups in total. The van der Waals surface area contributed by atoms with E-state index in [2.05, 4.69) is 32.0 Å². The smallest absolute Gasteiger partial charge is 0.137 e. The lowest BCUT2D eigenvalue weighted by Gasteiger charge is -2.28. The van der Waals surface area contributed by atoms with Gasteiger partial charge in [0.25, 0.3) is 0 Å². The first-order chi connectivity index (χ1) is 9.52. The third kappa shape index (κ3) is 10.5. The maximum atomic E-state index is 5.56. The van der Waals surface area contributed by atoms with Crippen molar-refractivity contribution >= 4 is 31.3 Å². The topological polar surface area (TPSA) is 21.7 Å². The van der Waals surface area contributed by atoms with Crippen molar-refractivity contribution < 1.29 is 9.47 Å². The average Bonchev–Trinajstić information content (AvgIpc) is 2.37. The Labute approximate surface area is 136 Å². The van der Waals surface area contributed by atoms with Gasteiger partial charge >= 0.3 is 0 Å². The lowest BCUT2D eigenvalue weighted by molar-refractivity contribution is -0.0827. The van der Waals surface area contributed by atoms with Crippen molar-refractivity contribution in [3.05, 3.63) is 0 Å². The molecule has 0 aliphatic heterocycles. The number of hydrogen-bond donors (Lipinski definition) is 0. The fourth-order valence-corrected chi connectivity index (χ4v) is 5.91. The lowest BCUT2D eigenvalue weighted by Crippen LogP contribution is -2.29. The molecule has 0 aromatic heterocycles. The second-order valence-corrected chi connectivity index (χ2v) is 8.74. The van der Waals surface area contributed by atoms with Crippen molar-refractivity contribution in [1.29, 1.82) is 0 Å². The molecule has 20 heavy (non-hydrogen) atoms. The molecule has 0 heterocycles. The van der Waals surface area contributed by atoms with Crippen LogP contribution in [0.25, 0.3) is 0 Å².